The van der Waals surface area contributed by atoms with E-state index in [-0.39, 0.29) is 18.5 Å². The Hall–Kier alpha value is -1.80. The summed E-state index contributed by atoms with van der Waals surface area (Å²) < 4.78 is 38.8. The fourth-order valence-electron chi connectivity index (χ4n) is 4.36. The minimum absolute atomic E-state index is 0.0480. The largest absolute Gasteiger partial charge is 0.416 e. The molecule has 1 saturated heterocycles. The van der Waals surface area contributed by atoms with Crippen molar-refractivity contribution in [2.45, 2.75) is 44.3 Å². The zero-order valence-electron chi connectivity index (χ0n) is 16.8. The summed E-state index contributed by atoms with van der Waals surface area (Å²) in [6.45, 7) is 4.32. The van der Waals surface area contributed by atoms with Crippen LogP contribution in [0.5, 0.6) is 0 Å². The Morgan fingerprint density at radius 3 is 2.41 bits per heavy atom. The molecule has 0 atom stereocenters. The molecule has 3 N–H and O–H groups in total. The van der Waals surface area contributed by atoms with E-state index in [1.807, 2.05) is 4.90 Å². The van der Waals surface area contributed by atoms with Gasteiger partial charge in [0.25, 0.3) is 0 Å². The lowest BCUT2D eigenvalue weighted by Gasteiger charge is -2.37. The van der Waals surface area contributed by atoms with E-state index in [9.17, 15) is 18.0 Å². The topological polar surface area (TPSA) is 61.6 Å². The molecule has 2 fully saturated rings. The summed E-state index contributed by atoms with van der Waals surface area (Å²) >= 11 is 0. The van der Waals surface area contributed by atoms with Crippen molar-refractivity contribution >= 4 is 11.6 Å². The number of carbonyl (C=O) groups is 1. The number of benzene rings is 1. The third kappa shape index (κ3) is 6.34. The van der Waals surface area contributed by atoms with Crippen LogP contribution in [0.3, 0.4) is 0 Å². The number of nitrogens with one attached hydrogen (secondary N) is 1. The highest BCUT2D eigenvalue weighted by Crippen LogP contribution is 2.32. The van der Waals surface area contributed by atoms with Crippen LogP contribution in [-0.2, 0) is 11.0 Å². The predicted octanol–water partition coefficient (Wildman–Crippen LogP) is 2.85. The molecular formula is C21H31F3N4O. The Morgan fingerprint density at radius 2 is 1.79 bits per heavy atom. The molecule has 29 heavy (non-hydrogen) atoms. The Morgan fingerprint density at radius 1 is 1.10 bits per heavy atom. The average molecular weight is 413 g/mol. The molecule has 1 aromatic carbocycles. The summed E-state index contributed by atoms with van der Waals surface area (Å²) in [5, 5.41) is 2.98. The smallest absolute Gasteiger partial charge is 0.369 e. The average Bonchev–Trinajstić information content (AvgIpc) is 2.73. The first kappa shape index (κ1) is 21.9. The van der Waals surface area contributed by atoms with Crippen LogP contribution in [0, 0.1) is 5.92 Å². The van der Waals surface area contributed by atoms with Crippen molar-refractivity contribution in [3.63, 3.8) is 0 Å². The van der Waals surface area contributed by atoms with Crippen LogP contribution in [0.2, 0.25) is 0 Å². The molecule has 0 aromatic heterocycles. The Labute approximate surface area is 170 Å². The maximum atomic E-state index is 12.9. The molecule has 1 heterocycles. The summed E-state index contributed by atoms with van der Waals surface area (Å²) in [4.78, 5) is 15.8. The molecule has 0 spiro atoms. The number of anilines is 1. The van der Waals surface area contributed by atoms with Crippen LogP contribution in [0.4, 0.5) is 18.9 Å². The maximum absolute atomic E-state index is 12.9. The van der Waals surface area contributed by atoms with E-state index in [4.69, 9.17) is 5.73 Å². The molecule has 1 aromatic rings. The summed E-state index contributed by atoms with van der Waals surface area (Å²) in [5.41, 5.74) is 5.41. The molecule has 0 radical (unpaired) electrons. The van der Waals surface area contributed by atoms with Crippen molar-refractivity contribution < 1.29 is 18.0 Å². The molecule has 8 heteroatoms. The van der Waals surface area contributed by atoms with Gasteiger partial charge in [0.2, 0.25) is 5.91 Å². The van der Waals surface area contributed by atoms with Gasteiger partial charge in [-0.3, -0.25) is 9.69 Å². The molecule has 0 unspecified atom stereocenters. The Bertz CT molecular complexity index is 666. The second-order valence-electron chi connectivity index (χ2n) is 8.15. The predicted molar refractivity (Wildman–Crippen MR) is 108 cm³/mol. The number of alkyl halides is 3. The molecule has 0 bridgehead atoms. The van der Waals surface area contributed by atoms with Gasteiger partial charge in [0.1, 0.15) is 0 Å². The number of amides is 1. The van der Waals surface area contributed by atoms with Crippen LogP contribution >= 0.6 is 0 Å². The first-order valence-electron chi connectivity index (χ1n) is 10.5. The number of carbonyl (C=O) groups excluding carboxylic acids is 1. The molecule has 1 amide bonds. The van der Waals surface area contributed by atoms with E-state index in [1.54, 1.807) is 6.07 Å². The van der Waals surface area contributed by atoms with E-state index in [2.05, 4.69) is 10.2 Å². The van der Waals surface area contributed by atoms with Crippen LogP contribution in [-0.4, -0.2) is 56.1 Å². The van der Waals surface area contributed by atoms with Gasteiger partial charge in [-0.1, -0.05) is 6.07 Å². The lowest BCUT2D eigenvalue weighted by Crippen LogP contribution is -2.47. The van der Waals surface area contributed by atoms with E-state index in [0.29, 0.717) is 11.6 Å². The minimum Gasteiger partial charge on any atom is -0.369 e. The lowest BCUT2D eigenvalue weighted by molar-refractivity contribution is -0.137. The van der Waals surface area contributed by atoms with E-state index < -0.39 is 11.7 Å². The summed E-state index contributed by atoms with van der Waals surface area (Å²) in [6, 6.07) is 5.87. The highest BCUT2D eigenvalue weighted by Gasteiger charge is 2.31. The van der Waals surface area contributed by atoms with E-state index >= 15 is 0 Å². The van der Waals surface area contributed by atoms with Crippen LogP contribution in [0.25, 0.3) is 0 Å². The number of piperazine rings is 1. The van der Waals surface area contributed by atoms with Crippen molar-refractivity contribution in [1.82, 2.24) is 10.2 Å². The summed E-state index contributed by atoms with van der Waals surface area (Å²) in [5.74, 6) is 0.606. The van der Waals surface area contributed by atoms with Crippen molar-refractivity contribution in [2.24, 2.45) is 11.7 Å². The standard InChI is InChI=1S/C21H31F3N4O/c22-21(23,24)17-2-1-3-19(14-17)28-12-10-27(11-13-28)9-8-16-4-6-18(7-5-16)26-20(29)15-25/h1-3,14,16,18H,4-13,15,25H2,(H,26,29)/t16-,18-. The van der Waals surface area contributed by atoms with Crippen molar-refractivity contribution in [3.8, 4) is 0 Å². The molecule has 1 aliphatic heterocycles. The SMILES string of the molecule is NCC(=O)N[C@H]1CC[C@H](CCN2CCN(c3cccc(C(F)(F)F)c3)CC2)CC1. The fourth-order valence-corrected chi connectivity index (χ4v) is 4.36. The molecule has 3 rings (SSSR count). The zero-order valence-corrected chi connectivity index (χ0v) is 16.8. The van der Waals surface area contributed by atoms with Crippen LogP contribution in [0.15, 0.2) is 24.3 Å². The summed E-state index contributed by atoms with van der Waals surface area (Å²) in [6.07, 6.45) is 1.12. The Balaban J connectivity index is 1.38. The molecular weight excluding hydrogens is 381 g/mol. The van der Waals surface area contributed by atoms with Gasteiger partial charge in [0.05, 0.1) is 12.1 Å². The third-order valence-electron chi connectivity index (χ3n) is 6.16. The quantitative estimate of drug-likeness (QED) is 0.754. The summed E-state index contributed by atoms with van der Waals surface area (Å²) in [7, 11) is 0. The number of rotatable bonds is 6. The highest BCUT2D eigenvalue weighted by atomic mass is 19.4. The Kier molecular flexibility index (Phi) is 7.40. The second kappa shape index (κ2) is 9.80. The van der Waals surface area contributed by atoms with Gasteiger partial charge in [0, 0.05) is 37.9 Å². The first-order chi connectivity index (χ1) is 13.8. The molecule has 1 aliphatic carbocycles. The molecule has 2 aliphatic rings. The van der Waals surface area contributed by atoms with Gasteiger partial charge in [-0.15, -0.1) is 0 Å². The van der Waals surface area contributed by atoms with Gasteiger partial charge in [-0.2, -0.15) is 13.2 Å². The number of halogens is 3. The highest BCUT2D eigenvalue weighted by molar-refractivity contribution is 5.78. The molecule has 162 valence electrons. The van der Waals surface area contributed by atoms with Crippen molar-refractivity contribution in [3.05, 3.63) is 29.8 Å². The van der Waals surface area contributed by atoms with Crippen LogP contribution in [0.1, 0.15) is 37.7 Å². The zero-order chi connectivity index (χ0) is 20.9. The van der Waals surface area contributed by atoms with Gasteiger partial charge in [0.15, 0.2) is 0 Å². The van der Waals surface area contributed by atoms with E-state index in [0.717, 1.165) is 70.9 Å². The monoisotopic (exact) mass is 412 g/mol. The van der Waals surface area contributed by atoms with Crippen molar-refractivity contribution in [2.75, 3.05) is 44.2 Å². The van der Waals surface area contributed by atoms with Crippen LogP contribution < -0.4 is 16.0 Å². The number of hydrogen-bond donors (Lipinski definition) is 2. The number of nitrogens with two attached hydrogens (primary N) is 1. The number of hydrogen-bond acceptors (Lipinski definition) is 4. The minimum atomic E-state index is -4.30. The fraction of sp³-hybridized carbons (Fsp3) is 0.667. The molecule has 5 nitrogen and oxygen atoms in total. The first-order valence-corrected chi connectivity index (χ1v) is 10.5. The van der Waals surface area contributed by atoms with Crippen molar-refractivity contribution in [1.29, 1.82) is 0 Å². The number of nitrogens with zero attached hydrogens (tertiary/aromatic N) is 2. The van der Waals surface area contributed by atoms with Gasteiger partial charge in [-0.05, 0) is 62.8 Å². The third-order valence-corrected chi connectivity index (χ3v) is 6.16. The van der Waals surface area contributed by atoms with Gasteiger partial charge in [-0.25, -0.2) is 0 Å². The van der Waals surface area contributed by atoms with Gasteiger partial charge < -0.3 is 16.0 Å². The van der Waals surface area contributed by atoms with E-state index in [1.165, 1.54) is 12.1 Å². The maximum Gasteiger partial charge on any atom is 0.416 e. The second-order valence-corrected chi connectivity index (χ2v) is 8.15. The normalized spacial score (nSPS) is 23.8. The van der Waals surface area contributed by atoms with Gasteiger partial charge >= 0.3 is 6.18 Å². The molecule has 1 saturated carbocycles. The lowest BCUT2D eigenvalue weighted by atomic mass is 9.84.